The molecule has 1 aliphatic carbocycles. The molecule has 0 aromatic heterocycles. The Labute approximate surface area is 112 Å². The van der Waals surface area contributed by atoms with E-state index in [0.717, 1.165) is 18.0 Å². The van der Waals surface area contributed by atoms with Gasteiger partial charge in [0.2, 0.25) is 0 Å². The number of methoxy groups -OCH3 is 1. The first-order valence-corrected chi connectivity index (χ1v) is 7.22. The zero-order valence-corrected chi connectivity index (χ0v) is 11.5. The number of thioether (sulfide) groups is 1. The van der Waals surface area contributed by atoms with Crippen molar-refractivity contribution in [3.8, 4) is 5.75 Å². The third-order valence-corrected chi connectivity index (χ3v) is 4.89. The van der Waals surface area contributed by atoms with E-state index in [1.54, 1.807) is 7.11 Å². The zero-order valence-electron chi connectivity index (χ0n) is 10.7. The van der Waals surface area contributed by atoms with Gasteiger partial charge in [0.25, 0.3) is 0 Å². The van der Waals surface area contributed by atoms with Gasteiger partial charge in [-0.3, -0.25) is 0 Å². The largest absolute Gasteiger partial charge is 0.497 e. The van der Waals surface area contributed by atoms with E-state index >= 15 is 0 Å². The van der Waals surface area contributed by atoms with Crippen LogP contribution >= 0.6 is 11.8 Å². The summed E-state index contributed by atoms with van der Waals surface area (Å²) in [7, 11) is 3.88. The third kappa shape index (κ3) is 2.03. The lowest BCUT2D eigenvalue weighted by molar-refractivity contribution is 0.415. The maximum atomic E-state index is 5.20. The Morgan fingerprint density at radius 3 is 2.78 bits per heavy atom. The molecule has 3 heteroatoms. The SMILES string of the molecule is COc1ccc(C2=CCC3SCN(C)C3=C2)cc1. The summed E-state index contributed by atoms with van der Waals surface area (Å²) < 4.78 is 5.20. The standard InChI is InChI=1S/C15H17NOS/c1-16-10-18-15-8-5-12(9-14(15)16)11-3-6-13(17-2)7-4-11/h3-7,9,15H,8,10H2,1-2H3. The van der Waals surface area contributed by atoms with Crippen LogP contribution in [0.3, 0.4) is 0 Å². The van der Waals surface area contributed by atoms with Crippen molar-refractivity contribution in [1.82, 2.24) is 4.90 Å². The number of nitrogens with zero attached hydrogens (tertiary/aromatic N) is 1. The summed E-state index contributed by atoms with van der Waals surface area (Å²) in [4.78, 5) is 2.35. The smallest absolute Gasteiger partial charge is 0.118 e. The van der Waals surface area contributed by atoms with Crippen LogP contribution in [0.5, 0.6) is 5.75 Å². The van der Waals surface area contributed by atoms with E-state index in [4.69, 9.17) is 4.74 Å². The van der Waals surface area contributed by atoms with Crippen LogP contribution in [0.4, 0.5) is 0 Å². The molecule has 1 unspecified atom stereocenters. The fourth-order valence-electron chi connectivity index (χ4n) is 2.44. The van der Waals surface area contributed by atoms with Gasteiger partial charge in [-0.2, -0.15) is 0 Å². The van der Waals surface area contributed by atoms with Crippen molar-refractivity contribution in [2.45, 2.75) is 11.7 Å². The molecule has 1 atom stereocenters. The fraction of sp³-hybridized carbons (Fsp3) is 0.333. The molecule has 1 aromatic rings. The van der Waals surface area contributed by atoms with Crippen molar-refractivity contribution in [3.63, 3.8) is 0 Å². The maximum Gasteiger partial charge on any atom is 0.118 e. The zero-order chi connectivity index (χ0) is 12.5. The molecular formula is C15H17NOS. The van der Waals surface area contributed by atoms with Gasteiger partial charge in [-0.05, 0) is 35.8 Å². The molecule has 2 aliphatic rings. The number of rotatable bonds is 2. The summed E-state index contributed by atoms with van der Waals surface area (Å²) >= 11 is 2.03. The van der Waals surface area contributed by atoms with E-state index < -0.39 is 0 Å². The van der Waals surface area contributed by atoms with Gasteiger partial charge in [-0.15, -0.1) is 11.8 Å². The predicted octanol–water partition coefficient (Wildman–Crippen LogP) is 3.37. The van der Waals surface area contributed by atoms with Crippen molar-refractivity contribution in [3.05, 3.63) is 47.7 Å². The number of fused-ring (bicyclic) bond motifs is 1. The Bertz CT molecular complexity index is 504. The maximum absolute atomic E-state index is 5.20. The summed E-state index contributed by atoms with van der Waals surface area (Å²) in [5.41, 5.74) is 4.07. The summed E-state index contributed by atoms with van der Waals surface area (Å²) in [6, 6.07) is 8.30. The second kappa shape index (κ2) is 4.73. The Morgan fingerprint density at radius 1 is 1.28 bits per heavy atom. The monoisotopic (exact) mass is 259 g/mol. The quantitative estimate of drug-likeness (QED) is 0.808. The van der Waals surface area contributed by atoms with E-state index in [-0.39, 0.29) is 0 Å². The van der Waals surface area contributed by atoms with Crippen LogP contribution in [0.15, 0.2) is 42.1 Å². The van der Waals surface area contributed by atoms with Gasteiger partial charge in [0.05, 0.1) is 13.0 Å². The van der Waals surface area contributed by atoms with E-state index in [1.165, 1.54) is 16.8 Å². The van der Waals surface area contributed by atoms with E-state index in [1.807, 2.05) is 23.9 Å². The lowest BCUT2D eigenvalue weighted by Gasteiger charge is -2.20. The first-order chi connectivity index (χ1) is 8.78. The van der Waals surface area contributed by atoms with Gasteiger partial charge < -0.3 is 9.64 Å². The molecule has 0 radical (unpaired) electrons. The van der Waals surface area contributed by atoms with Gasteiger partial charge in [0, 0.05) is 18.0 Å². The van der Waals surface area contributed by atoms with Gasteiger partial charge in [-0.1, -0.05) is 18.2 Å². The second-order valence-corrected chi connectivity index (χ2v) is 5.84. The van der Waals surface area contributed by atoms with Crippen molar-refractivity contribution >= 4 is 17.3 Å². The number of hydrogen-bond acceptors (Lipinski definition) is 3. The first-order valence-electron chi connectivity index (χ1n) is 6.17. The van der Waals surface area contributed by atoms with Gasteiger partial charge in [0.1, 0.15) is 5.75 Å². The molecule has 0 N–H and O–H groups in total. The minimum absolute atomic E-state index is 0.664. The topological polar surface area (TPSA) is 12.5 Å². The molecule has 0 amide bonds. The molecule has 1 saturated heterocycles. The molecule has 0 spiro atoms. The van der Waals surface area contributed by atoms with Crippen LogP contribution < -0.4 is 4.74 Å². The summed E-state index contributed by atoms with van der Waals surface area (Å²) in [5, 5.41) is 0.664. The van der Waals surface area contributed by atoms with E-state index in [0.29, 0.717) is 5.25 Å². The van der Waals surface area contributed by atoms with Crippen LogP contribution in [0, 0.1) is 0 Å². The molecule has 0 bridgehead atoms. The predicted molar refractivity (Wildman–Crippen MR) is 77.7 cm³/mol. The van der Waals surface area contributed by atoms with Crippen LogP contribution in [0.1, 0.15) is 12.0 Å². The average Bonchev–Trinajstić information content (AvgIpc) is 2.80. The lowest BCUT2D eigenvalue weighted by Crippen LogP contribution is -2.16. The summed E-state index contributed by atoms with van der Waals surface area (Å²) in [6.07, 6.45) is 5.82. The highest BCUT2D eigenvalue weighted by atomic mass is 32.2. The highest BCUT2D eigenvalue weighted by Gasteiger charge is 2.27. The fourth-order valence-corrected chi connectivity index (χ4v) is 3.64. The van der Waals surface area contributed by atoms with Crippen molar-refractivity contribution < 1.29 is 4.74 Å². The highest BCUT2D eigenvalue weighted by molar-refractivity contribution is 8.00. The molecule has 0 saturated carbocycles. The second-order valence-electron chi connectivity index (χ2n) is 4.68. The minimum atomic E-state index is 0.664. The van der Waals surface area contributed by atoms with E-state index in [9.17, 15) is 0 Å². The number of hydrogen-bond donors (Lipinski definition) is 0. The first kappa shape index (κ1) is 11.7. The van der Waals surface area contributed by atoms with Crippen LogP contribution in [0.2, 0.25) is 0 Å². The summed E-state index contributed by atoms with van der Waals surface area (Å²) in [6.45, 7) is 0. The molecule has 1 aliphatic heterocycles. The average molecular weight is 259 g/mol. The molecule has 1 aromatic carbocycles. The molecule has 2 nitrogen and oxygen atoms in total. The molecule has 18 heavy (non-hydrogen) atoms. The normalized spacial score (nSPS) is 22.3. The molecule has 94 valence electrons. The molecular weight excluding hydrogens is 242 g/mol. The Hall–Kier alpha value is -1.35. The van der Waals surface area contributed by atoms with Gasteiger partial charge >= 0.3 is 0 Å². The number of allylic oxidation sites excluding steroid dienone is 3. The Morgan fingerprint density at radius 2 is 2.06 bits per heavy atom. The molecule has 3 rings (SSSR count). The molecule has 1 heterocycles. The summed E-state index contributed by atoms with van der Waals surface area (Å²) in [5.74, 6) is 2.02. The van der Waals surface area contributed by atoms with Crippen molar-refractivity contribution in [2.24, 2.45) is 0 Å². The van der Waals surface area contributed by atoms with Gasteiger partial charge in [0.15, 0.2) is 0 Å². The minimum Gasteiger partial charge on any atom is -0.497 e. The van der Waals surface area contributed by atoms with Crippen molar-refractivity contribution in [2.75, 3.05) is 20.0 Å². The third-order valence-electron chi connectivity index (χ3n) is 3.52. The van der Waals surface area contributed by atoms with Crippen LogP contribution in [0.25, 0.3) is 5.57 Å². The van der Waals surface area contributed by atoms with E-state index in [2.05, 4.69) is 36.2 Å². The Balaban J connectivity index is 1.88. The van der Waals surface area contributed by atoms with Crippen molar-refractivity contribution in [1.29, 1.82) is 0 Å². The van der Waals surface area contributed by atoms with Gasteiger partial charge in [-0.25, -0.2) is 0 Å². The van der Waals surface area contributed by atoms with Crippen LogP contribution in [-0.4, -0.2) is 30.2 Å². The lowest BCUT2D eigenvalue weighted by atomic mass is 9.97. The molecule has 1 fully saturated rings. The number of ether oxygens (including phenoxy) is 1. The highest BCUT2D eigenvalue weighted by Crippen LogP contribution is 2.39. The number of benzene rings is 1. The van der Waals surface area contributed by atoms with Crippen LogP contribution in [-0.2, 0) is 0 Å². The Kier molecular flexibility index (Phi) is 3.08.